The van der Waals surface area contributed by atoms with Gasteiger partial charge in [0.05, 0.1) is 18.4 Å². The van der Waals surface area contributed by atoms with E-state index in [-0.39, 0.29) is 17.6 Å². The van der Waals surface area contributed by atoms with Gasteiger partial charge in [-0.15, -0.1) is 0 Å². The number of rotatable bonds is 3. The number of aromatic nitrogens is 1. The van der Waals surface area contributed by atoms with E-state index in [2.05, 4.69) is 4.98 Å². The zero-order valence-corrected chi connectivity index (χ0v) is 11.4. The van der Waals surface area contributed by atoms with E-state index in [0.717, 1.165) is 5.56 Å². The van der Waals surface area contributed by atoms with Gasteiger partial charge in [0.2, 0.25) is 5.43 Å². The number of hydrogen-bond donors (Lipinski definition) is 1. The first-order valence-corrected chi connectivity index (χ1v) is 6.57. The Balaban J connectivity index is 2.12. The fourth-order valence-corrected chi connectivity index (χ4v) is 2.18. The van der Waals surface area contributed by atoms with Crippen LogP contribution in [-0.2, 0) is 4.74 Å². The Bertz CT molecular complexity index is 846. The molecule has 3 rings (SSSR count). The molecule has 0 aliphatic rings. The average Bonchev–Trinajstić information content (AvgIpc) is 3.01. The monoisotopic (exact) mass is 283 g/mol. The van der Waals surface area contributed by atoms with Crippen molar-refractivity contribution < 1.29 is 13.9 Å². The molecule has 2 aromatic heterocycles. The summed E-state index contributed by atoms with van der Waals surface area (Å²) in [6, 6.07) is 8.91. The smallest absolute Gasteiger partial charge is 0.343 e. The molecule has 0 radical (unpaired) electrons. The molecule has 0 atom stereocenters. The molecule has 0 amide bonds. The second-order valence-corrected chi connectivity index (χ2v) is 4.49. The molecule has 21 heavy (non-hydrogen) atoms. The van der Waals surface area contributed by atoms with Gasteiger partial charge in [-0.3, -0.25) is 4.79 Å². The molecule has 0 bridgehead atoms. The standard InChI is InChI=1S/C16H13NO4/c1-2-20-16(19)12-9-17-13-8-10(14-4-3-7-21-14)5-6-11(13)15(12)18/h3-9H,2H2,1H3,(H,17,18). The Morgan fingerprint density at radius 3 is 2.90 bits per heavy atom. The summed E-state index contributed by atoms with van der Waals surface area (Å²) < 4.78 is 10.2. The lowest BCUT2D eigenvalue weighted by Crippen LogP contribution is -2.18. The zero-order valence-electron chi connectivity index (χ0n) is 11.4. The summed E-state index contributed by atoms with van der Waals surface area (Å²) in [5, 5.41) is 0.441. The van der Waals surface area contributed by atoms with E-state index in [0.29, 0.717) is 16.7 Å². The lowest BCUT2D eigenvalue weighted by atomic mass is 10.1. The normalized spacial score (nSPS) is 10.7. The molecular formula is C16H13NO4. The summed E-state index contributed by atoms with van der Waals surface area (Å²) in [7, 11) is 0. The Morgan fingerprint density at radius 1 is 1.33 bits per heavy atom. The predicted molar refractivity (Wildman–Crippen MR) is 78.2 cm³/mol. The van der Waals surface area contributed by atoms with Crippen molar-refractivity contribution in [3.8, 4) is 11.3 Å². The van der Waals surface area contributed by atoms with Crippen LogP contribution >= 0.6 is 0 Å². The largest absolute Gasteiger partial charge is 0.464 e. The maximum Gasteiger partial charge on any atom is 0.343 e. The van der Waals surface area contributed by atoms with E-state index < -0.39 is 5.97 Å². The number of aromatic amines is 1. The van der Waals surface area contributed by atoms with Crippen molar-refractivity contribution >= 4 is 16.9 Å². The molecule has 106 valence electrons. The first kappa shape index (κ1) is 13.2. The number of ether oxygens (including phenoxy) is 1. The van der Waals surface area contributed by atoms with Crippen LogP contribution in [0.3, 0.4) is 0 Å². The third-order valence-electron chi connectivity index (χ3n) is 3.18. The van der Waals surface area contributed by atoms with Crippen LogP contribution in [0.2, 0.25) is 0 Å². The van der Waals surface area contributed by atoms with Gasteiger partial charge < -0.3 is 14.1 Å². The quantitative estimate of drug-likeness (QED) is 0.750. The van der Waals surface area contributed by atoms with E-state index in [1.54, 1.807) is 31.4 Å². The molecule has 1 aromatic carbocycles. The summed E-state index contributed by atoms with van der Waals surface area (Å²) in [6.07, 6.45) is 2.97. The van der Waals surface area contributed by atoms with Crippen molar-refractivity contribution in [2.24, 2.45) is 0 Å². The summed E-state index contributed by atoms with van der Waals surface area (Å²) in [5.74, 6) is 0.1000. The molecule has 0 aliphatic heterocycles. The fraction of sp³-hybridized carbons (Fsp3) is 0.125. The summed E-state index contributed by atoms with van der Waals surface area (Å²) in [4.78, 5) is 27.0. The number of esters is 1. The Kier molecular flexibility index (Phi) is 3.31. The maximum atomic E-state index is 12.3. The molecule has 0 fully saturated rings. The van der Waals surface area contributed by atoms with Gasteiger partial charge in [-0.25, -0.2) is 4.79 Å². The Labute approximate surface area is 120 Å². The third-order valence-corrected chi connectivity index (χ3v) is 3.18. The summed E-state index contributed by atoms with van der Waals surface area (Å²) >= 11 is 0. The number of benzene rings is 1. The van der Waals surface area contributed by atoms with Gasteiger partial charge in [-0.05, 0) is 31.2 Å². The van der Waals surface area contributed by atoms with Crippen molar-refractivity contribution in [3.05, 3.63) is 58.6 Å². The van der Waals surface area contributed by atoms with Crippen LogP contribution in [0, 0.1) is 0 Å². The topological polar surface area (TPSA) is 72.3 Å². The lowest BCUT2D eigenvalue weighted by molar-refractivity contribution is 0.0524. The predicted octanol–water partition coefficient (Wildman–Crippen LogP) is 2.96. The second-order valence-electron chi connectivity index (χ2n) is 4.49. The van der Waals surface area contributed by atoms with Crippen molar-refractivity contribution in [2.75, 3.05) is 6.61 Å². The van der Waals surface area contributed by atoms with Gasteiger partial charge in [0.15, 0.2) is 0 Å². The highest BCUT2D eigenvalue weighted by Crippen LogP contribution is 2.22. The van der Waals surface area contributed by atoms with Crippen LogP contribution in [-0.4, -0.2) is 17.6 Å². The molecule has 2 heterocycles. The number of carbonyl (C=O) groups is 1. The summed E-state index contributed by atoms with van der Waals surface area (Å²) in [5.41, 5.74) is 1.16. The molecule has 5 heteroatoms. The minimum atomic E-state index is -0.615. The SMILES string of the molecule is CCOC(=O)c1c[nH]c2cc(-c3ccco3)ccc2c1=O. The van der Waals surface area contributed by atoms with E-state index in [1.807, 2.05) is 12.1 Å². The van der Waals surface area contributed by atoms with Crippen LogP contribution in [0.25, 0.3) is 22.2 Å². The Hall–Kier alpha value is -2.82. The minimum Gasteiger partial charge on any atom is -0.464 e. The Morgan fingerprint density at radius 2 is 2.19 bits per heavy atom. The van der Waals surface area contributed by atoms with Crippen molar-refractivity contribution in [3.63, 3.8) is 0 Å². The minimum absolute atomic E-state index is 0.00935. The van der Waals surface area contributed by atoms with E-state index in [1.165, 1.54) is 6.20 Å². The van der Waals surface area contributed by atoms with Crippen LogP contribution in [0.5, 0.6) is 0 Å². The van der Waals surface area contributed by atoms with Crippen LogP contribution < -0.4 is 5.43 Å². The highest BCUT2D eigenvalue weighted by Gasteiger charge is 2.14. The van der Waals surface area contributed by atoms with Gasteiger partial charge >= 0.3 is 5.97 Å². The van der Waals surface area contributed by atoms with Gasteiger partial charge in [0.25, 0.3) is 0 Å². The molecular weight excluding hydrogens is 270 g/mol. The van der Waals surface area contributed by atoms with Gasteiger partial charge in [-0.2, -0.15) is 0 Å². The molecule has 1 N–H and O–H groups in total. The number of furan rings is 1. The number of fused-ring (bicyclic) bond motifs is 1. The maximum absolute atomic E-state index is 12.3. The third kappa shape index (κ3) is 2.33. The number of pyridine rings is 1. The highest BCUT2D eigenvalue weighted by molar-refractivity contribution is 5.94. The van der Waals surface area contributed by atoms with Crippen LogP contribution in [0.1, 0.15) is 17.3 Å². The molecule has 0 saturated heterocycles. The van der Waals surface area contributed by atoms with Gasteiger partial charge in [-0.1, -0.05) is 6.07 Å². The van der Waals surface area contributed by atoms with Gasteiger partial charge in [0.1, 0.15) is 11.3 Å². The fourth-order valence-electron chi connectivity index (χ4n) is 2.18. The van der Waals surface area contributed by atoms with Crippen LogP contribution in [0.15, 0.2) is 52.0 Å². The average molecular weight is 283 g/mol. The number of H-pyrrole nitrogens is 1. The zero-order chi connectivity index (χ0) is 14.8. The molecule has 0 spiro atoms. The van der Waals surface area contributed by atoms with E-state index >= 15 is 0 Å². The molecule has 3 aromatic rings. The van der Waals surface area contributed by atoms with Crippen molar-refractivity contribution in [2.45, 2.75) is 6.92 Å². The lowest BCUT2D eigenvalue weighted by Gasteiger charge is -2.04. The summed E-state index contributed by atoms with van der Waals surface area (Å²) in [6.45, 7) is 1.93. The molecule has 0 saturated carbocycles. The number of hydrogen-bond acceptors (Lipinski definition) is 4. The first-order chi connectivity index (χ1) is 10.2. The van der Waals surface area contributed by atoms with Gasteiger partial charge in [0, 0.05) is 17.1 Å². The second kappa shape index (κ2) is 5.28. The van der Waals surface area contributed by atoms with Crippen molar-refractivity contribution in [1.82, 2.24) is 4.98 Å². The molecule has 5 nitrogen and oxygen atoms in total. The van der Waals surface area contributed by atoms with Crippen LogP contribution in [0.4, 0.5) is 0 Å². The van der Waals surface area contributed by atoms with E-state index in [9.17, 15) is 9.59 Å². The highest BCUT2D eigenvalue weighted by atomic mass is 16.5. The van der Waals surface area contributed by atoms with E-state index in [4.69, 9.17) is 9.15 Å². The number of nitrogens with one attached hydrogen (secondary N) is 1. The molecule has 0 unspecified atom stereocenters. The first-order valence-electron chi connectivity index (χ1n) is 6.57. The number of carbonyl (C=O) groups excluding carboxylic acids is 1. The van der Waals surface area contributed by atoms with Crippen molar-refractivity contribution in [1.29, 1.82) is 0 Å². The molecule has 0 aliphatic carbocycles.